The van der Waals surface area contributed by atoms with E-state index >= 15 is 0 Å². The number of esters is 3. The van der Waals surface area contributed by atoms with Crippen molar-refractivity contribution in [1.82, 2.24) is 0 Å². The number of allylic oxidation sites excluding steroid dienone is 3. The van der Waals surface area contributed by atoms with E-state index in [2.05, 4.69) is 0 Å². The van der Waals surface area contributed by atoms with Crippen LogP contribution in [0.5, 0.6) is 0 Å². The molecule has 0 spiro atoms. The van der Waals surface area contributed by atoms with Gasteiger partial charge in [0.2, 0.25) is 0 Å². The third-order valence-corrected chi connectivity index (χ3v) is 4.80. The highest BCUT2D eigenvalue weighted by atomic mass is 16.5. The molecule has 1 atom stereocenters. The minimum Gasteiger partial charge on any atom is -0.478 e. The van der Waals surface area contributed by atoms with Crippen LogP contribution in [0.15, 0.2) is 46.6 Å². The summed E-state index contributed by atoms with van der Waals surface area (Å²) in [5.41, 5.74) is 2.97. The number of aliphatic carboxylic acids is 1. The predicted octanol–water partition coefficient (Wildman–Crippen LogP) is 4.84. The highest BCUT2D eigenvalue weighted by Gasteiger charge is 2.15. The molecule has 0 aliphatic carbocycles. The van der Waals surface area contributed by atoms with Crippen molar-refractivity contribution >= 4 is 23.9 Å². The second-order valence-corrected chi connectivity index (χ2v) is 8.08. The minimum atomic E-state index is -1.03. The van der Waals surface area contributed by atoms with Gasteiger partial charge in [-0.15, -0.1) is 0 Å². The van der Waals surface area contributed by atoms with Gasteiger partial charge in [-0.25, -0.2) is 4.79 Å². The normalized spacial score (nSPS) is 13.8. The largest absolute Gasteiger partial charge is 0.478 e. The first-order chi connectivity index (χ1) is 15.9. The Labute approximate surface area is 202 Å². The average Bonchev–Trinajstić information content (AvgIpc) is 2.72. The van der Waals surface area contributed by atoms with E-state index in [4.69, 9.17) is 14.2 Å². The molecule has 0 aromatic carbocycles. The van der Waals surface area contributed by atoms with E-state index in [0.29, 0.717) is 19.3 Å². The molecule has 0 aromatic rings. The Morgan fingerprint density at radius 2 is 1.35 bits per heavy atom. The maximum atomic E-state index is 11.7. The van der Waals surface area contributed by atoms with Crippen LogP contribution in [0.1, 0.15) is 73.6 Å². The van der Waals surface area contributed by atoms with Gasteiger partial charge < -0.3 is 19.3 Å². The molecule has 1 N–H and O–H groups in total. The van der Waals surface area contributed by atoms with Crippen molar-refractivity contribution in [2.75, 3.05) is 13.2 Å². The fourth-order valence-corrected chi connectivity index (χ4v) is 2.88. The van der Waals surface area contributed by atoms with Gasteiger partial charge in [0, 0.05) is 32.8 Å². The van der Waals surface area contributed by atoms with Gasteiger partial charge in [-0.05, 0) is 63.7 Å². The van der Waals surface area contributed by atoms with E-state index in [1.165, 1.54) is 20.8 Å². The van der Waals surface area contributed by atoms with Crippen molar-refractivity contribution in [1.29, 1.82) is 0 Å². The minimum absolute atomic E-state index is 0.179. The van der Waals surface area contributed by atoms with Gasteiger partial charge in [0.25, 0.3) is 0 Å². The van der Waals surface area contributed by atoms with Crippen molar-refractivity contribution in [3.63, 3.8) is 0 Å². The molecule has 0 saturated carbocycles. The zero-order valence-corrected chi connectivity index (χ0v) is 21.1. The summed E-state index contributed by atoms with van der Waals surface area (Å²) in [5.74, 6) is -2.16. The van der Waals surface area contributed by atoms with Gasteiger partial charge in [0.15, 0.2) is 0 Å². The highest BCUT2D eigenvalue weighted by molar-refractivity contribution is 5.86. The van der Waals surface area contributed by atoms with Gasteiger partial charge in [0.1, 0.15) is 19.3 Å². The summed E-state index contributed by atoms with van der Waals surface area (Å²) in [6.45, 7) is 10.0. The zero-order valence-electron chi connectivity index (χ0n) is 21.1. The Kier molecular flexibility index (Phi) is 15.7. The van der Waals surface area contributed by atoms with Gasteiger partial charge >= 0.3 is 23.9 Å². The van der Waals surface area contributed by atoms with Crippen LogP contribution in [0.2, 0.25) is 0 Å². The monoisotopic (exact) mass is 478 g/mol. The number of carbonyl (C=O) groups excluding carboxylic acids is 3. The number of carboxylic acid groups (broad SMARTS) is 1. The summed E-state index contributed by atoms with van der Waals surface area (Å²) in [5, 5.41) is 9.54. The molecule has 0 aliphatic heterocycles. The maximum absolute atomic E-state index is 11.7. The number of hydrogen-bond acceptors (Lipinski definition) is 7. The summed E-state index contributed by atoms with van der Waals surface area (Å²) in [6.07, 6.45) is 9.17. The van der Waals surface area contributed by atoms with Crippen LogP contribution in [0.4, 0.5) is 0 Å². The lowest BCUT2D eigenvalue weighted by molar-refractivity contribution is -0.144. The van der Waals surface area contributed by atoms with Crippen molar-refractivity contribution in [2.24, 2.45) is 0 Å². The van der Waals surface area contributed by atoms with Gasteiger partial charge in [-0.3, -0.25) is 14.4 Å². The van der Waals surface area contributed by atoms with Crippen molar-refractivity contribution in [3.05, 3.63) is 46.6 Å². The standard InChI is InChI=1S/C26H38O8/c1-18(15-16-32-21(4)27)9-7-11-20(3)25(34-23(6)29)14-13-24(26(30)31)12-8-10-19(2)17-33-22(5)28/h10-11,13,15,25H,7-9,12,14,16-17H2,1-6H3,(H,30,31)/b18-15+,19-10+,20-11+,24-13+. The van der Waals surface area contributed by atoms with Crippen LogP contribution in [-0.2, 0) is 33.4 Å². The molecule has 8 heteroatoms. The molecule has 0 amide bonds. The Balaban J connectivity index is 5.08. The lowest BCUT2D eigenvalue weighted by Crippen LogP contribution is -2.17. The zero-order chi connectivity index (χ0) is 26.1. The average molecular weight is 479 g/mol. The Bertz CT molecular complexity index is 830. The van der Waals surface area contributed by atoms with Crippen LogP contribution >= 0.6 is 0 Å². The fourth-order valence-electron chi connectivity index (χ4n) is 2.88. The second-order valence-electron chi connectivity index (χ2n) is 8.08. The van der Waals surface area contributed by atoms with Gasteiger partial charge in [-0.1, -0.05) is 23.8 Å². The van der Waals surface area contributed by atoms with E-state index in [1.54, 1.807) is 6.08 Å². The number of carbonyl (C=O) groups is 4. The molecule has 0 aromatic heterocycles. The Hall–Kier alpha value is -3.16. The predicted molar refractivity (Wildman–Crippen MR) is 129 cm³/mol. The number of ether oxygens (including phenoxy) is 3. The molecule has 0 radical (unpaired) electrons. The van der Waals surface area contributed by atoms with Crippen LogP contribution in [0.3, 0.4) is 0 Å². The molecular weight excluding hydrogens is 440 g/mol. The molecule has 34 heavy (non-hydrogen) atoms. The Morgan fingerprint density at radius 3 is 1.91 bits per heavy atom. The van der Waals surface area contributed by atoms with Crippen LogP contribution in [-0.4, -0.2) is 48.3 Å². The third-order valence-electron chi connectivity index (χ3n) is 4.80. The van der Waals surface area contributed by atoms with E-state index in [0.717, 1.165) is 23.1 Å². The van der Waals surface area contributed by atoms with E-state index in [-0.39, 0.29) is 37.1 Å². The first-order valence-corrected chi connectivity index (χ1v) is 11.3. The van der Waals surface area contributed by atoms with Crippen LogP contribution in [0, 0.1) is 0 Å². The molecule has 0 rings (SSSR count). The lowest BCUT2D eigenvalue weighted by Gasteiger charge is -2.17. The van der Waals surface area contributed by atoms with E-state index < -0.39 is 18.0 Å². The quantitative estimate of drug-likeness (QED) is 0.154. The second kappa shape index (κ2) is 17.3. The molecular formula is C26H38O8. The fraction of sp³-hybridized carbons (Fsp3) is 0.538. The smallest absolute Gasteiger partial charge is 0.331 e. The summed E-state index contributed by atoms with van der Waals surface area (Å²) in [4.78, 5) is 44.9. The molecule has 0 heterocycles. The molecule has 1 unspecified atom stereocenters. The summed E-state index contributed by atoms with van der Waals surface area (Å²) < 4.78 is 15.2. The summed E-state index contributed by atoms with van der Waals surface area (Å²) >= 11 is 0. The van der Waals surface area contributed by atoms with Crippen LogP contribution in [0.25, 0.3) is 0 Å². The molecule has 0 fully saturated rings. The van der Waals surface area contributed by atoms with E-state index in [1.807, 2.05) is 39.0 Å². The maximum Gasteiger partial charge on any atom is 0.331 e. The highest BCUT2D eigenvalue weighted by Crippen LogP contribution is 2.18. The van der Waals surface area contributed by atoms with E-state index in [9.17, 15) is 24.3 Å². The van der Waals surface area contributed by atoms with Gasteiger partial charge in [-0.2, -0.15) is 0 Å². The molecule has 190 valence electrons. The number of rotatable bonds is 15. The summed E-state index contributed by atoms with van der Waals surface area (Å²) in [6, 6.07) is 0. The molecule has 0 saturated heterocycles. The lowest BCUT2D eigenvalue weighted by atomic mass is 10.0. The topological polar surface area (TPSA) is 116 Å². The summed E-state index contributed by atoms with van der Waals surface area (Å²) in [7, 11) is 0. The van der Waals surface area contributed by atoms with Crippen molar-refractivity contribution in [3.8, 4) is 0 Å². The third kappa shape index (κ3) is 16.5. The molecule has 0 bridgehead atoms. The number of hydrogen-bond donors (Lipinski definition) is 1. The first kappa shape index (κ1) is 30.8. The SMILES string of the molecule is CC(=O)OC/C=C(\C)CC/C=C(\C)C(C/C=C(\CC/C=C(\C)COC(C)=O)C(=O)O)OC(C)=O. The van der Waals surface area contributed by atoms with Crippen molar-refractivity contribution < 1.29 is 38.5 Å². The molecule has 8 nitrogen and oxygen atoms in total. The molecule has 0 aliphatic rings. The van der Waals surface area contributed by atoms with Crippen LogP contribution < -0.4 is 0 Å². The first-order valence-electron chi connectivity index (χ1n) is 11.3. The number of carboxylic acids is 1. The van der Waals surface area contributed by atoms with Gasteiger partial charge in [0.05, 0.1) is 0 Å². The Morgan fingerprint density at radius 1 is 0.735 bits per heavy atom. The van der Waals surface area contributed by atoms with Crippen molar-refractivity contribution in [2.45, 2.75) is 79.8 Å².